The van der Waals surface area contributed by atoms with E-state index in [1.54, 1.807) is 0 Å². The second-order valence-electron chi connectivity index (χ2n) is 7.72. The molecule has 1 aliphatic carbocycles. The molecule has 5 rings (SSSR count). The summed E-state index contributed by atoms with van der Waals surface area (Å²) in [7, 11) is 0. The lowest BCUT2D eigenvalue weighted by atomic mass is 9.93. The Bertz CT molecular complexity index is 627. The molecule has 2 bridgehead atoms. The number of carbonyl (C=O) groups is 2. The minimum Gasteiger partial charge on any atom is -0.335 e. The molecule has 5 heteroatoms. The van der Waals surface area contributed by atoms with E-state index in [9.17, 15) is 9.59 Å². The lowest BCUT2D eigenvalue weighted by Crippen LogP contribution is -2.48. The molecule has 5 nitrogen and oxygen atoms in total. The summed E-state index contributed by atoms with van der Waals surface area (Å²) in [5, 5.41) is 3.18. The summed E-state index contributed by atoms with van der Waals surface area (Å²) in [5.74, 6) is 0.174. The lowest BCUT2D eigenvalue weighted by Gasteiger charge is -2.36. The van der Waals surface area contributed by atoms with Crippen molar-refractivity contribution in [2.75, 3.05) is 13.1 Å². The highest BCUT2D eigenvalue weighted by Gasteiger charge is 2.42. The van der Waals surface area contributed by atoms with E-state index in [1.807, 2.05) is 28.0 Å². The van der Waals surface area contributed by atoms with Crippen molar-refractivity contribution < 1.29 is 9.59 Å². The van der Waals surface area contributed by atoms with Crippen LogP contribution in [-0.2, 0) is 11.3 Å². The van der Waals surface area contributed by atoms with Gasteiger partial charge in [0, 0.05) is 31.7 Å². The summed E-state index contributed by atoms with van der Waals surface area (Å²) in [6.45, 7) is 1.88. The fourth-order valence-corrected chi connectivity index (χ4v) is 4.53. The third-order valence-electron chi connectivity index (χ3n) is 5.96. The summed E-state index contributed by atoms with van der Waals surface area (Å²) < 4.78 is 0. The van der Waals surface area contributed by atoms with Crippen LogP contribution in [0.25, 0.3) is 0 Å². The van der Waals surface area contributed by atoms with Gasteiger partial charge in [0.2, 0.25) is 5.91 Å². The molecule has 3 saturated heterocycles. The number of carbonyl (C=O) groups excluding carboxylic acids is 2. The first-order valence-electron chi connectivity index (χ1n) is 9.60. The van der Waals surface area contributed by atoms with Gasteiger partial charge in [-0.2, -0.15) is 0 Å². The van der Waals surface area contributed by atoms with Crippen LogP contribution in [0.5, 0.6) is 0 Å². The number of nitrogens with one attached hydrogen (secondary N) is 1. The normalized spacial score (nSPS) is 26.8. The largest absolute Gasteiger partial charge is 0.335 e. The van der Waals surface area contributed by atoms with E-state index in [-0.39, 0.29) is 23.9 Å². The molecule has 0 unspecified atom stereocenters. The van der Waals surface area contributed by atoms with E-state index in [2.05, 4.69) is 17.4 Å². The highest BCUT2D eigenvalue weighted by atomic mass is 16.2. The van der Waals surface area contributed by atoms with Gasteiger partial charge in [0.1, 0.15) is 0 Å². The van der Waals surface area contributed by atoms with Gasteiger partial charge in [-0.15, -0.1) is 0 Å². The first kappa shape index (κ1) is 16.4. The molecule has 0 aromatic heterocycles. The zero-order valence-electron chi connectivity index (χ0n) is 14.7. The van der Waals surface area contributed by atoms with Crippen LogP contribution in [0.15, 0.2) is 30.3 Å². The second kappa shape index (κ2) is 7.06. The van der Waals surface area contributed by atoms with Gasteiger partial charge in [-0.05, 0) is 31.2 Å². The summed E-state index contributed by atoms with van der Waals surface area (Å²) in [5.41, 5.74) is 1.16. The first-order chi connectivity index (χ1) is 12.2. The van der Waals surface area contributed by atoms with Crippen LogP contribution < -0.4 is 5.32 Å². The van der Waals surface area contributed by atoms with Gasteiger partial charge in [-0.25, -0.2) is 4.79 Å². The molecule has 25 heavy (non-hydrogen) atoms. The van der Waals surface area contributed by atoms with E-state index < -0.39 is 0 Å². The summed E-state index contributed by atoms with van der Waals surface area (Å²) in [4.78, 5) is 29.5. The molecule has 2 atom stereocenters. The van der Waals surface area contributed by atoms with Crippen LogP contribution >= 0.6 is 0 Å². The molecule has 4 aliphatic rings. The number of benzene rings is 1. The van der Waals surface area contributed by atoms with Gasteiger partial charge >= 0.3 is 6.03 Å². The van der Waals surface area contributed by atoms with Crippen molar-refractivity contribution in [3.8, 4) is 0 Å². The molecule has 134 valence electrons. The number of urea groups is 1. The van der Waals surface area contributed by atoms with Crippen LogP contribution in [0.3, 0.4) is 0 Å². The van der Waals surface area contributed by atoms with Gasteiger partial charge in [0.05, 0.1) is 5.92 Å². The highest BCUT2D eigenvalue weighted by molar-refractivity contribution is 5.82. The van der Waals surface area contributed by atoms with Crippen molar-refractivity contribution in [3.05, 3.63) is 35.9 Å². The third-order valence-corrected chi connectivity index (χ3v) is 5.96. The van der Waals surface area contributed by atoms with Crippen molar-refractivity contribution in [1.82, 2.24) is 15.1 Å². The average molecular weight is 341 g/mol. The Morgan fingerprint density at radius 2 is 1.80 bits per heavy atom. The smallest absolute Gasteiger partial charge is 0.317 e. The Kier molecular flexibility index (Phi) is 4.64. The van der Waals surface area contributed by atoms with Crippen LogP contribution in [0.1, 0.15) is 44.1 Å². The SMILES string of the molecule is O=C(NC1CCCC1)N1C[C@@H]2CC[C@H](C1)N(Cc1ccccc1)C2=O. The van der Waals surface area contributed by atoms with Gasteiger partial charge < -0.3 is 15.1 Å². The maximum absolute atomic E-state index is 12.9. The zero-order valence-corrected chi connectivity index (χ0v) is 14.7. The number of nitrogens with zero attached hydrogens (tertiary/aromatic N) is 2. The molecule has 0 radical (unpaired) electrons. The van der Waals surface area contributed by atoms with Crippen molar-refractivity contribution in [1.29, 1.82) is 0 Å². The number of hydrogen-bond acceptors (Lipinski definition) is 2. The van der Waals surface area contributed by atoms with E-state index in [1.165, 1.54) is 12.8 Å². The molecule has 1 saturated carbocycles. The first-order valence-corrected chi connectivity index (χ1v) is 9.60. The number of rotatable bonds is 3. The highest BCUT2D eigenvalue weighted by Crippen LogP contribution is 2.30. The molecule has 1 aromatic carbocycles. The van der Waals surface area contributed by atoms with Crippen molar-refractivity contribution in [2.24, 2.45) is 5.92 Å². The van der Waals surface area contributed by atoms with E-state index >= 15 is 0 Å². The predicted octanol–water partition coefficient (Wildman–Crippen LogP) is 2.76. The zero-order chi connectivity index (χ0) is 17.2. The predicted molar refractivity (Wildman–Crippen MR) is 95.9 cm³/mol. The second-order valence-corrected chi connectivity index (χ2v) is 7.72. The Morgan fingerprint density at radius 3 is 2.56 bits per heavy atom. The monoisotopic (exact) mass is 341 g/mol. The van der Waals surface area contributed by atoms with Crippen molar-refractivity contribution in [3.63, 3.8) is 0 Å². The molecular formula is C20H27N3O2. The maximum Gasteiger partial charge on any atom is 0.317 e. The summed E-state index contributed by atoms with van der Waals surface area (Å²) in [6.07, 6.45) is 6.49. The third kappa shape index (κ3) is 3.51. The minimum atomic E-state index is -0.0446. The van der Waals surface area contributed by atoms with Gasteiger partial charge in [0.25, 0.3) is 0 Å². The molecule has 4 fully saturated rings. The van der Waals surface area contributed by atoms with Crippen LogP contribution in [0.4, 0.5) is 4.79 Å². The summed E-state index contributed by atoms with van der Waals surface area (Å²) >= 11 is 0. The average Bonchev–Trinajstić information content (AvgIpc) is 2.98. The van der Waals surface area contributed by atoms with Gasteiger partial charge in [0.15, 0.2) is 0 Å². The molecular weight excluding hydrogens is 314 g/mol. The van der Waals surface area contributed by atoms with Crippen molar-refractivity contribution >= 4 is 11.9 Å². The van der Waals surface area contributed by atoms with Gasteiger partial charge in [-0.3, -0.25) is 4.79 Å². The van der Waals surface area contributed by atoms with Crippen LogP contribution in [0.2, 0.25) is 0 Å². The molecule has 1 aromatic rings. The quantitative estimate of drug-likeness (QED) is 0.919. The molecule has 3 heterocycles. The fourth-order valence-electron chi connectivity index (χ4n) is 4.53. The topological polar surface area (TPSA) is 52.7 Å². The Labute approximate surface area is 149 Å². The Morgan fingerprint density at radius 1 is 1.04 bits per heavy atom. The van der Waals surface area contributed by atoms with Gasteiger partial charge in [-0.1, -0.05) is 43.2 Å². The van der Waals surface area contributed by atoms with Crippen LogP contribution in [0, 0.1) is 5.92 Å². The minimum absolute atomic E-state index is 0.0261. The standard InChI is InChI=1S/C20H27N3O2/c24-19-16-10-11-18(23(19)12-15-6-2-1-3-7-15)14-22(13-16)20(25)21-17-8-4-5-9-17/h1-3,6-7,16-18H,4-5,8-14H2,(H,21,25)/t16-,18+/m0/s1. The number of fused-ring (bicyclic) bond motifs is 4. The van der Waals surface area contributed by atoms with E-state index in [0.29, 0.717) is 25.7 Å². The number of piperidine rings is 1. The fraction of sp³-hybridized carbons (Fsp3) is 0.600. The molecule has 3 aliphatic heterocycles. The van der Waals surface area contributed by atoms with E-state index in [4.69, 9.17) is 0 Å². The molecule has 0 spiro atoms. The molecule has 3 amide bonds. The Hall–Kier alpha value is -2.04. The van der Waals surface area contributed by atoms with Crippen LogP contribution in [-0.4, -0.2) is 46.9 Å². The lowest BCUT2D eigenvalue weighted by molar-refractivity contribution is -0.140. The number of amides is 3. The molecule has 1 N–H and O–H groups in total. The number of hydrogen-bond donors (Lipinski definition) is 1. The summed E-state index contributed by atoms with van der Waals surface area (Å²) in [6, 6.07) is 10.6. The van der Waals surface area contributed by atoms with Crippen molar-refractivity contribution in [2.45, 2.75) is 57.2 Å². The Balaban J connectivity index is 1.45. The maximum atomic E-state index is 12.9. The van der Waals surface area contributed by atoms with E-state index in [0.717, 1.165) is 31.2 Å².